The first-order valence-corrected chi connectivity index (χ1v) is 6.88. The summed E-state index contributed by atoms with van der Waals surface area (Å²) >= 11 is 0. The van der Waals surface area contributed by atoms with Gasteiger partial charge in [0.15, 0.2) is 5.69 Å². The van der Waals surface area contributed by atoms with E-state index < -0.39 is 0 Å². The van der Waals surface area contributed by atoms with E-state index in [4.69, 9.17) is 13.1 Å². The Balaban J connectivity index is 2.38. The van der Waals surface area contributed by atoms with Gasteiger partial charge in [-0.2, -0.15) is 0 Å². The van der Waals surface area contributed by atoms with E-state index in [1.807, 2.05) is 66.7 Å². The highest BCUT2D eigenvalue weighted by Gasteiger charge is 2.16. The van der Waals surface area contributed by atoms with E-state index in [-0.39, 0.29) is 0 Å². The third-order valence-electron chi connectivity index (χ3n) is 3.54. The predicted octanol–water partition coefficient (Wildman–Crippen LogP) is 6.12. The zero-order valence-electron chi connectivity index (χ0n) is 11.8. The van der Waals surface area contributed by atoms with Crippen LogP contribution in [0, 0.1) is 13.1 Å². The molecule has 0 amide bonds. The van der Waals surface area contributed by atoms with Crippen molar-refractivity contribution in [2.75, 3.05) is 0 Å². The molecule has 0 aliphatic carbocycles. The number of benzene rings is 3. The standard InChI is InChI=1S/C20H12N2/c1-21-18-14-13-17(15-9-5-3-6-10-15)19(20(18)22-2)16-11-7-4-8-12-16/h3-14H. The summed E-state index contributed by atoms with van der Waals surface area (Å²) in [6.45, 7) is 14.8. The van der Waals surface area contributed by atoms with Crippen LogP contribution in [0.1, 0.15) is 0 Å². The fraction of sp³-hybridized carbons (Fsp3) is 0. The van der Waals surface area contributed by atoms with E-state index in [9.17, 15) is 0 Å². The predicted molar refractivity (Wildman–Crippen MR) is 89.8 cm³/mol. The van der Waals surface area contributed by atoms with Gasteiger partial charge in [-0.1, -0.05) is 72.8 Å². The summed E-state index contributed by atoms with van der Waals surface area (Å²) in [4.78, 5) is 7.14. The van der Waals surface area contributed by atoms with Crippen molar-refractivity contribution >= 4 is 11.4 Å². The van der Waals surface area contributed by atoms with Crippen LogP contribution in [0.15, 0.2) is 72.8 Å². The van der Waals surface area contributed by atoms with Crippen molar-refractivity contribution in [3.63, 3.8) is 0 Å². The van der Waals surface area contributed by atoms with Gasteiger partial charge in [-0.25, -0.2) is 4.85 Å². The van der Waals surface area contributed by atoms with Crippen molar-refractivity contribution in [1.82, 2.24) is 0 Å². The molecule has 0 atom stereocenters. The quantitative estimate of drug-likeness (QED) is 0.500. The Kier molecular flexibility index (Phi) is 3.69. The molecule has 0 saturated heterocycles. The van der Waals surface area contributed by atoms with Crippen LogP contribution in [-0.4, -0.2) is 0 Å². The Morgan fingerprint density at radius 2 is 1.18 bits per heavy atom. The highest BCUT2D eigenvalue weighted by atomic mass is 14.8. The van der Waals surface area contributed by atoms with Gasteiger partial charge in [0.05, 0.1) is 13.1 Å². The molecule has 3 rings (SSSR count). The molecule has 102 valence electrons. The minimum absolute atomic E-state index is 0.397. The lowest BCUT2D eigenvalue weighted by atomic mass is 9.92. The second-order valence-corrected chi connectivity index (χ2v) is 4.81. The van der Waals surface area contributed by atoms with Crippen molar-refractivity contribution in [2.24, 2.45) is 0 Å². The SMILES string of the molecule is [C-]#[N+]c1ccc(-c2ccccc2)c(-c2ccccc2)c1[N+]#[C-]. The Bertz CT molecular complexity index is 883. The van der Waals surface area contributed by atoms with E-state index in [1.165, 1.54) is 0 Å². The summed E-state index contributed by atoms with van der Waals surface area (Å²) in [5.74, 6) is 0. The van der Waals surface area contributed by atoms with Gasteiger partial charge in [0.2, 0.25) is 5.69 Å². The molecule has 3 aromatic rings. The van der Waals surface area contributed by atoms with Crippen LogP contribution in [0.25, 0.3) is 31.9 Å². The maximum atomic E-state index is 7.52. The topological polar surface area (TPSA) is 8.72 Å². The smallest absolute Gasteiger partial charge is 0.202 e. The van der Waals surface area contributed by atoms with Gasteiger partial charge in [0, 0.05) is 0 Å². The van der Waals surface area contributed by atoms with Crippen LogP contribution in [0.4, 0.5) is 11.4 Å². The van der Waals surface area contributed by atoms with Crippen LogP contribution >= 0.6 is 0 Å². The van der Waals surface area contributed by atoms with E-state index in [1.54, 1.807) is 6.07 Å². The fourth-order valence-corrected chi connectivity index (χ4v) is 2.54. The first-order chi connectivity index (χ1) is 10.8. The number of nitrogens with zero attached hydrogens (tertiary/aromatic N) is 2. The Hall–Kier alpha value is -3.36. The molecular formula is C20H12N2. The molecule has 0 fully saturated rings. The minimum atomic E-state index is 0.397. The van der Waals surface area contributed by atoms with Gasteiger partial charge in [0.25, 0.3) is 0 Å². The van der Waals surface area contributed by atoms with Crippen molar-refractivity contribution in [3.05, 3.63) is 95.6 Å². The lowest BCUT2D eigenvalue weighted by molar-refractivity contribution is 1.59. The molecule has 0 radical (unpaired) electrons. The van der Waals surface area contributed by atoms with Gasteiger partial charge in [-0.3, -0.25) is 4.85 Å². The van der Waals surface area contributed by atoms with Crippen molar-refractivity contribution in [2.45, 2.75) is 0 Å². The van der Waals surface area contributed by atoms with Crippen molar-refractivity contribution in [1.29, 1.82) is 0 Å². The third kappa shape index (κ3) is 2.35. The molecule has 0 heterocycles. The average molecular weight is 280 g/mol. The second kappa shape index (κ2) is 5.95. The van der Waals surface area contributed by atoms with E-state index >= 15 is 0 Å². The summed E-state index contributed by atoms with van der Waals surface area (Å²) in [6.07, 6.45) is 0. The van der Waals surface area contributed by atoms with Crippen LogP contribution < -0.4 is 0 Å². The monoisotopic (exact) mass is 280 g/mol. The van der Waals surface area contributed by atoms with Crippen molar-refractivity contribution < 1.29 is 0 Å². The van der Waals surface area contributed by atoms with Gasteiger partial charge >= 0.3 is 0 Å². The summed E-state index contributed by atoms with van der Waals surface area (Å²) in [5.41, 5.74) is 4.62. The number of rotatable bonds is 2. The van der Waals surface area contributed by atoms with Gasteiger partial charge in [-0.05, 0) is 22.3 Å². The van der Waals surface area contributed by atoms with Crippen LogP contribution in [0.2, 0.25) is 0 Å². The molecule has 2 heteroatoms. The van der Waals surface area contributed by atoms with E-state index in [0.717, 1.165) is 22.3 Å². The zero-order valence-corrected chi connectivity index (χ0v) is 11.8. The maximum Gasteiger partial charge on any atom is 0.202 e. The Labute approximate surface area is 129 Å². The van der Waals surface area contributed by atoms with Crippen LogP contribution in [0.3, 0.4) is 0 Å². The number of hydrogen-bond donors (Lipinski definition) is 0. The molecule has 0 saturated carbocycles. The van der Waals surface area contributed by atoms with E-state index in [0.29, 0.717) is 11.4 Å². The molecular weight excluding hydrogens is 268 g/mol. The molecule has 0 aliphatic heterocycles. The number of hydrogen-bond acceptors (Lipinski definition) is 0. The highest BCUT2D eigenvalue weighted by Crippen LogP contribution is 2.44. The Morgan fingerprint density at radius 3 is 1.73 bits per heavy atom. The van der Waals surface area contributed by atoms with Crippen molar-refractivity contribution in [3.8, 4) is 22.3 Å². The first kappa shape index (κ1) is 13.6. The minimum Gasteiger partial charge on any atom is -0.250 e. The summed E-state index contributed by atoms with van der Waals surface area (Å²) in [7, 11) is 0. The first-order valence-electron chi connectivity index (χ1n) is 6.88. The molecule has 3 aromatic carbocycles. The molecule has 2 nitrogen and oxygen atoms in total. The molecule has 0 unspecified atom stereocenters. The lowest BCUT2D eigenvalue weighted by Gasteiger charge is -2.13. The average Bonchev–Trinajstić information content (AvgIpc) is 2.61. The molecule has 0 N–H and O–H groups in total. The van der Waals surface area contributed by atoms with Gasteiger partial charge < -0.3 is 0 Å². The second-order valence-electron chi connectivity index (χ2n) is 4.81. The van der Waals surface area contributed by atoms with Crippen LogP contribution in [0.5, 0.6) is 0 Å². The summed E-state index contributed by atoms with van der Waals surface area (Å²) in [5, 5.41) is 0. The summed E-state index contributed by atoms with van der Waals surface area (Å²) in [6, 6.07) is 23.4. The van der Waals surface area contributed by atoms with E-state index in [2.05, 4.69) is 9.69 Å². The zero-order chi connectivity index (χ0) is 15.4. The molecule has 0 aromatic heterocycles. The molecule has 0 aliphatic rings. The lowest BCUT2D eigenvalue weighted by Crippen LogP contribution is -1.86. The third-order valence-corrected chi connectivity index (χ3v) is 3.54. The normalized spacial score (nSPS) is 9.73. The molecule has 0 bridgehead atoms. The Morgan fingerprint density at radius 1 is 0.591 bits per heavy atom. The molecule has 0 spiro atoms. The molecule has 22 heavy (non-hydrogen) atoms. The largest absolute Gasteiger partial charge is 0.250 e. The van der Waals surface area contributed by atoms with Gasteiger partial charge in [0.1, 0.15) is 0 Å². The van der Waals surface area contributed by atoms with Gasteiger partial charge in [-0.15, -0.1) is 0 Å². The maximum absolute atomic E-state index is 7.52. The fourth-order valence-electron chi connectivity index (χ4n) is 2.54. The summed E-state index contributed by atoms with van der Waals surface area (Å²) < 4.78 is 0. The van der Waals surface area contributed by atoms with Crippen LogP contribution in [-0.2, 0) is 0 Å². The highest BCUT2D eigenvalue weighted by molar-refractivity contribution is 5.98.